The van der Waals surface area contributed by atoms with E-state index in [4.69, 9.17) is 14.2 Å². The molecule has 6 heteroatoms. The number of rotatable bonds is 65. The van der Waals surface area contributed by atoms with E-state index in [-0.39, 0.29) is 37.5 Å². The Labute approximate surface area is 503 Å². The van der Waals surface area contributed by atoms with E-state index in [2.05, 4.69) is 93.7 Å². The minimum Gasteiger partial charge on any atom is -0.462 e. The fraction of sp³-hybridized carbons (Fsp3) is 0.800. The van der Waals surface area contributed by atoms with Gasteiger partial charge in [0.15, 0.2) is 6.10 Å². The lowest BCUT2D eigenvalue weighted by molar-refractivity contribution is -0.167. The Kier molecular flexibility index (Phi) is 66.6. The molecule has 0 N–H and O–H groups in total. The minimum absolute atomic E-state index is 0.0885. The van der Waals surface area contributed by atoms with Crippen LogP contribution < -0.4 is 0 Å². The molecule has 0 aliphatic rings. The van der Waals surface area contributed by atoms with Crippen LogP contribution in [0.25, 0.3) is 0 Å². The first-order valence-corrected chi connectivity index (χ1v) is 35.4. The number of hydrogen-bond donors (Lipinski definition) is 0. The molecule has 1 unspecified atom stereocenters. The molecule has 0 heterocycles. The third-order valence-corrected chi connectivity index (χ3v) is 15.7. The Bertz CT molecular complexity index is 1490. The fourth-order valence-corrected chi connectivity index (χ4v) is 10.5. The highest BCUT2D eigenvalue weighted by Crippen LogP contribution is 2.18. The predicted octanol–water partition coefficient (Wildman–Crippen LogP) is 24.4. The molecule has 0 aliphatic heterocycles. The van der Waals surface area contributed by atoms with Crippen LogP contribution in [-0.4, -0.2) is 37.2 Å². The van der Waals surface area contributed by atoms with Crippen molar-refractivity contribution in [1.29, 1.82) is 0 Å². The zero-order chi connectivity index (χ0) is 58.5. The van der Waals surface area contributed by atoms with Gasteiger partial charge in [0.2, 0.25) is 0 Å². The lowest BCUT2D eigenvalue weighted by Gasteiger charge is -2.18. The molecule has 0 radical (unpaired) electrons. The molecular formula is C75H134O6. The molecule has 0 saturated heterocycles. The van der Waals surface area contributed by atoms with Gasteiger partial charge < -0.3 is 14.2 Å². The maximum atomic E-state index is 12.9. The zero-order valence-electron chi connectivity index (χ0n) is 54.1. The van der Waals surface area contributed by atoms with Crippen molar-refractivity contribution in [3.63, 3.8) is 0 Å². The number of unbranched alkanes of at least 4 members (excludes halogenated alkanes) is 42. The van der Waals surface area contributed by atoms with Gasteiger partial charge in [-0.25, -0.2) is 0 Å². The smallest absolute Gasteiger partial charge is 0.306 e. The van der Waals surface area contributed by atoms with E-state index in [0.717, 1.165) is 89.9 Å². The summed E-state index contributed by atoms with van der Waals surface area (Å²) in [4.78, 5) is 38.4. The van der Waals surface area contributed by atoms with Crippen LogP contribution in [-0.2, 0) is 28.6 Å². The van der Waals surface area contributed by atoms with Crippen molar-refractivity contribution >= 4 is 17.9 Å². The normalized spacial score (nSPS) is 12.5. The van der Waals surface area contributed by atoms with Crippen molar-refractivity contribution in [2.24, 2.45) is 0 Å². The van der Waals surface area contributed by atoms with Crippen molar-refractivity contribution in [3.8, 4) is 0 Å². The number of carbonyl (C=O) groups excluding carboxylic acids is 3. The standard InChI is InChI=1S/C75H134O6/c1-4-7-10-13-16-19-22-25-28-30-32-34-35-36-37-38-39-40-42-43-45-47-50-53-56-59-62-65-68-74(77)80-71-72(70-79-73(76)67-64-61-58-55-52-49-27-24-21-18-15-12-9-6-3)81-75(78)69-66-63-60-57-54-51-48-46-44-41-33-31-29-26-23-20-17-14-11-8-5-2/h8,11,17,20,26,29,33,41,46,48,54,57,72H,4-7,9-10,12-16,18-19,21-25,27-28,30-32,34-40,42-45,47,49-53,55-56,58-71H2,1-3H3/b11-8-,20-17-,29-26-,41-33-,48-46-,57-54-. The molecule has 0 spiro atoms. The molecule has 0 aromatic heterocycles. The lowest BCUT2D eigenvalue weighted by Crippen LogP contribution is -2.30. The van der Waals surface area contributed by atoms with E-state index >= 15 is 0 Å². The van der Waals surface area contributed by atoms with Crippen molar-refractivity contribution in [2.45, 2.75) is 374 Å². The Hall–Kier alpha value is -3.15. The third-order valence-electron chi connectivity index (χ3n) is 15.7. The Balaban J connectivity index is 4.29. The first-order chi connectivity index (χ1) is 40.0. The number of allylic oxidation sites excluding steroid dienone is 12. The summed E-state index contributed by atoms with van der Waals surface area (Å²) in [5.41, 5.74) is 0. The number of hydrogen-bond acceptors (Lipinski definition) is 6. The SMILES string of the molecule is CC/C=C\C/C=C\C/C=C\C/C=C\C/C=C\C/C=C\CCCCC(=O)OC(COC(=O)CCCCCCCCCCCCCCCC)COC(=O)CCCCCCCCCCCCCCCCCCCCCCCCCCCCCC. The summed E-state index contributed by atoms with van der Waals surface area (Å²) in [7, 11) is 0. The van der Waals surface area contributed by atoms with Crippen LogP contribution in [0.2, 0.25) is 0 Å². The van der Waals surface area contributed by atoms with Crippen molar-refractivity contribution in [3.05, 3.63) is 72.9 Å². The van der Waals surface area contributed by atoms with Crippen molar-refractivity contribution in [2.75, 3.05) is 13.2 Å². The summed E-state index contributed by atoms with van der Waals surface area (Å²) in [5.74, 6) is -0.910. The van der Waals surface area contributed by atoms with E-state index in [1.165, 1.54) is 231 Å². The minimum atomic E-state index is -0.797. The monoisotopic (exact) mass is 1130 g/mol. The molecule has 470 valence electrons. The quantitative estimate of drug-likeness (QED) is 0.0261. The lowest BCUT2D eigenvalue weighted by atomic mass is 10.0. The largest absolute Gasteiger partial charge is 0.462 e. The highest BCUT2D eigenvalue weighted by Gasteiger charge is 2.19. The first kappa shape index (κ1) is 77.9. The van der Waals surface area contributed by atoms with Gasteiger partial charge in [-0.15, -0.1) is 0 Å². The van der Waals surface area contributed by atoms with Gasteiger partial charge in [-0.1, -0.05) is 351 Å². The van der Waals surface area contributed by atoms with Gasteiger partial charge in [0.1, 0.15) is 13.2 Å². The van der Waals surface area contributed by atoms with Crippen molar-refractivity contribution < 1.29 is 28.6 Å². The Morgan fingerprint density at radius 1 is 0.259 bits per heavy atom. The number of ether oxygens (including phenoxy) is 3. The molecular weight excluding hydrogens is 997 g/mol. The van der Waals surface area contributed by atoms with Gasteiger partial charge in [0.05, 0.1) is 0 Å². The van der Waals surface area contributed by atoms with Gasteiger partial charge in [0.25, 0.3) is 0 Å². The van der Waals surface area contributed by atoms with Gasteiger partial charge in [0, 0.05) is 19.3 Å². The molecule has 0 rings (SSSR count). The molecule has 1 atom stereocenters. The number of carbonyl (C=O) groups is 3. The molecule has 0 bridgehead atoms. The maximum absolute atomic E-state index is 12.9. The molecule has 0 aliphatic carbocycles. The van der Waals surface area contributed by atoms with Crippen LogP contribution in [0.15, 0.2) is 72.9 Å². The summed E-state index contributed by atoms with van der Waals surface area (Å²) < 4.78 is 16.9. The van der Waals surface area contributed by atoms with E-state index in [1.54, 1.807) is 0 Å². The van der Waals surface area contributed by atoms with E-state index in [9.17, 15) is 14.4 Å². The summed E-state index contributed by atoms with van der Waals surface area (Å²) in [6.45, 7) is 6.55. The average molecular weight is 1130 g/mol. The van der Waals surface area contributed by atoms with Crippen LogP contribution in [0, 0.1) is 0 Å². The summed E-state index contributed by atoms with van der Waals surface area (Å²) in [6.07, 6.45) is 90.8. The molecule has 0 aromatic carbocycles. The zero-order valence-corrected chi connectivity index (χ0v) is 54.1. The van der Waals surface area contributed by atoms with E-state index < -0.39 is 6.10 Å². The summed E-state index contributed by atoms with van der Waals surface area (Å²) in [5, 5.41) is 0. The second kappa shape index (κ2) is 69.3. The van der Waals surface area contributed by atoms with E-state index in [0.29, 0.717) is 19.3 Å². The third kappa shape index (κ3) is 67.5. The predicted molar refractivity (Wildman–Crippen MR) is 353 cm³/mol. The van der Waals surface area contributed by atoms with Crippen LogP contribution in [0.5, 0.6) is 0 Å². The van der Waals surface area contributed by atoms with Crippen LogP contribution in [0.1, 0.15) is 367 Å². The molecule has 81 heavy (non-hydrogen) atoms. The van der Waals surface area contributed by atoms with E-state index in [1.807, 2.05) is 0 Å². The Morgan fingerprint density at radius 2 is 0.481 bits per heavy atom. The van der Waals surface area contributed by atoms with Gasteiger partial charge >= 0.3 is 17.9 Å². The average Bonchev–Trinajstić information content (AvgIpc) is 3.47. The van der Waals surface area contributed by atoms with Crippen LogP contribution in [0.3, 0.4) is 0 Å². The van der Waals surface area contributed by atoms with Crippen LogP contribution >= 0.6 is 0 Å². The summed E-state index contributed by atoms with van der Waals surface area (Å²) in [6, 6.07) is 0. The molecule has 0 aromatic rings. The highest BCUT2D eigenvalue weighted by molar-refractivity contribution is 5.71. The van der Waals surface area contributed by atoms with Gasteiger partial charge in [-0.2, -0.15) is 0 Å². The fourth-order valence-electron chi connectivity index (χ4n) is 10.5. The van der Waals surface area contributed by atoms with Gasteiger partial charge in [-0.3, -0.25) is 14.4 Å². The summed E-state index contributed by atoms with van der Waals surface area (Å²) >= 11 is 0. The van der Waals surface area contributed by atoms with Gasteiger partial charge in [-0.05, 0) is 70.6 Å². The number of esters is 3. The van der Waals surface area contributed by atoms with Crippen molar-refractivity contribution in [1.82, 2.24) is 0 Å². The molecule has 0 amide bonds. The maximum Gasteiger partial charge on any atom is 0.306 e. The molecule has 0 saturated carbocycles. The molecule has 0 fully saturated rings. The topological polar surface area (TPSA) is 78.9 Å². The molecule has 6 nitrogen and oxygen atoms in total. The highest BCUT2D eigenvalue weighted by atomic mass is 16.6. The Morgan fingerprint density at radius 3 is 0.753 bits per heavy atom. The second-order valence-corrected chi connectivity index (χ2v) is 23.8. The second-order valence-electron chi connectivity index (χ2n) is 23.8. The first-order valence-electron chi connectivity index (χ1n) is 35.4. The van der Waals surface area contributed by atoms with Crippen LogP contribution in [0.4, 0.5) is 0 Å².